The number of hydrogen-bond acceptors (Lipinski definition) is 6. The molecule has 27 heavy (non-hydrogen) atoms. The Morgan fingerprint density at radius 1 is 1.30 bits per heavy atom. The van der Waals surface area contributed by atoms with Crippen molar-refractivity contribution in [3.05, 3.63) is 28.2 Å². The zero-order chi connectivity index (χ0) is 19.1. The highest BCUT2D eigenvalue weighted by Crippen LogP contribution is 2.40. The van der Waals surface area contributed by atoms with Crippen molar-refractivity contribution in [2.24, 2.45) is 7.05 Å². The molecule has 0 radical (unpaired) electrons. The van der Waals surface area contributed by atoms with Crippen molar-refractivity contribution < 1.29 is 4.79 Å². The molecule has 0 saturated carbocycles. The SMILES string of the molecule is Cc1nn(C)c(C)c1NC(=O)[C@@H](C)Sc1ncnc2sc3c(c12)CCCC3. The van der Waals surface area contributed by atoms with Crippen LogP contribution in [0.4, 0.5) is 5.69 Å². The number of anilines is 1. The Hall–Kier alpha value is -1.93. The molecule has 1 aliphatic rings. The van der Waals surface area contributed by atoms with Crippen LogP contribution in [0.2, 0.25) is 0 Å². The van der Waals surface area contributed by atoms with Crippen molar-refractivity contribution in [3.63, 3.8) is 0 Å². The van der Waals surface area contributed by atoms with Gasteiger partial charge in [0, 0.05) is 17.3 Å². The number of nitrogens with one attached hydrogen (secondary N) is 1. The second-order valence-corrected chi connectivity index (χ2v) is 9.40. The van der Waals surface area contributed by atoms with Crippen molar-refractivity contribution in [1.82, 2.24) is 19.7 Å². The fourth-order valence-electron chi connectivity index (χ4n) is 3.55. The number of hydrogen-bond donors (Lipinski definition) is 1. The van der Waals surface area contributed by atoms with Crippen LogP contribution in [0.3, 0.4) is 0 Å². The minimum absolute atomic E-state index is 0.0324. The first-order chi connectivity index (χ1) is 13.0. The predicted molar refractivity (Wildman–Crippen MR) is 111 cm³/mol. The molecule has 3 heterocycles. The fourth-order valence-corrected chi connectivity index (χ4v) is 5.79. The standard InChI is InChI=1S/C19H23N5OS2/c1-10-16(11(2)24(4)23-10)22-17(25)12(3)26-18-15-13-7-5-6-8-14(13)27-19(15)21-9-20-18/h9,12H,5-8H2,1-4H3,(H,22,25)/t12-/m1/s1. The van der Waals surface area contributed by atoms with Gasteiger partial charge in [0.15, 0.2) is 0 Å². The van der Waals surface area contributed by atoms with E-state index in [4.69, 9.17) is 0 Å². The Kier molecular flexibility index (Phi) is 4.94. The van der Waals surface area contributed by atoms with Crippen LogP contribution in [0, 0.1) is 13.8 Å². The number of nitrogens with zero attached hydrogens (tertiary/aromatic N) is 4. The van der Waals surface area contributed by atoms with Crippen LogP contribution in [0.15, 0.2) is 11.4 Å². The van der Waals surface area contributed by atoms with Crippen molar-refractivity contribution in [2.75, 3.05) is 5.32 Å². The maximum atomic E-state index is 12.8. The third-order valence-corrected chi connectivity index (χ3v) is 7.43. The molecule has 0 aromatic carbocycles. The number of rotatable bonds is 4. The van der Waals surface area contributed by atoms with E-state index in [1.54, 1.807) is 22.3 Å². The van der Waals surface area contributed by atoms with E-state index in [0.29, 0.717) is 0 Å². The molecule has 4 rings (SSSR count). The number of thiophene rings is 1. The van der Waals surface area contributed by atoms with E-state index in [1.807, 2.05) is 27.8 Å². The van der Waals surface area contributed by atoms with Gasteiger partial charge in [0.25, 0.3) is 0 Å². The summed E-state index contributed by atoms with van der Waals surface area (Å²) in [5, 5.41) is 9.22. The molecule has 0 spiro atoms. The average molecular weight is 402 g/mol. The molecule has 0 fully saturated rings. The van der Waals surface area contributed by atoms with Gasteiger partial charge in [0.1, 0.15) is 16.2 Å². The molecule has 6 nitrogen and oxygen atoms in total. The van der Waals surface area contributed by atoms with Gasteiger partial charge in [-0.25, -0.2) is 9.97 Å². The Balaban J connectivity index is 1.58. The fraction of sp³-hybridized carbons (Fsp3) is 0.474. The van der Waals surface area contributed by atoms with Gasteiger partial charge in [-0.05, 0) is 52.0 Å². The number of fused-ring (bicyclic) bond motifs is 3. The Bertz CT molecular complexity index is 1020. The number of aryl methyl sites for hydroxylation is 4. The van der Waals surface area contributed by atoms with Crippen LogP contribution in [-0.2, 0) is 24.7 Å². The highest BCUT2D eigenvalue weighted by atomic mass is 32.2. The first-order valence-corrected chi connectivity index (χ1v) is 10.9. The van der Waals surface area contributed by atoms with Gasteiger partial charge in [0.05, 0.1) is 22.3 Å². The lowest BCUT2D eigenvalue weighted by molar-refractivity contribution is -0.115. The zero-order valence-electron chi connectivity index (χ0n) is 16.0. The Morgan fingerprint density at radius 2 is 2.07 bits per heavy atom. The van der Waals surface area contributed by atoms with Gasteiger partial charge in [-0.1, -0.05) is 11.8 Å². The summed E-state index contributed by atoms with van der Waals surface area (Å²) in [4.78, 5) is 24.3. The highest BCUT2D eigenvalue weighted by molar-refractivity contribution is 8.00. The summed E-state index contributed by atoms with van der Waals surface area (Å²) in [5.74, 6) is -0.0324. The lowest BCUT2D eigenvalue weighted by Crippen LogP contribution is -2.23. The molecule has 1 amide bonds. The minimum Gasteiger partial charge on any atom is -0.322 e. The van der Waals surface area contributed by atoms with Crippen LogP contribution in [0.25, 0.3) is 10.2 Å². The minimum atomic E-state index is -0.263. The highest BCUT2D eigenvalue weighted by Gasteiger charge is 2.24. The summed E-state index contributed by atoms with van der Waals surface area (Å²) in [6.45, 7) is 5.79. The van der Waals surface area contributed by atoms with Gasteiger partial charge < -0.3 is 5.32 Å². The van der Waals surface area contributed by atoms with Crippen molar-refractivity contribution in [2.45, 2.75) is 56.7 Å². The molecule has 8 heteroatoms. The van der Waals surface area contributed by atoms with E-state index in [0.717, 1.165) is 45.2 Å². The quantitative estimate of drug-likeness (QED) is 0.528. The number of amides is 1. The molecule has 0 saturated heterocycles. The van der Waals surface area contributed by atoms with Crippen molar-refractivity contribution in [1.29, 1.82) is 0 Å². The second-order valence-electron chi connectivity index (χ2n) is 6.99. The number of carbonyl (C=O) groups excluding carboxylic acids is 1. The monoisotopic (exact) mass is 401 g/mol. The van der Waals surface area contributed by atoms with E-state index in [2.05, 4.69) is 20.4 Å². The molecular weight excluding hydrogens is 378 g/mol. The van der Waals surface area contributed by atoms with Gasteiger partial charge in [-0.2, -0.15) is 5.10 Å². The maximum Gasteiger partial charge on any atom is 0.237 e. The third-order valence-electron chi connectivity index (χ3n) is 5.13. The summed E-state index contributed by atoms with van der Waals surface area (Å²) >= 11 is 3.30. The zero-order valence-corrected chi connectivity index (χ0v) is 17.6. The van der Waals surface area contributed by atoms with Crippen LogP contribution in [0.5, 0.6) is 0 Å². The summed E-state index contributed by atoms with van der Waals surface area (Å²) in [7, 11) is 1.88. The van der Waals surface area contributed by atoms with Gasteiger partial charge in [-0.3, -0.25) is 9.48 Å². The van der Waals surface area contributed by atoms with Gasteiger partial charge in [0.2, 0.25) is 5.91 Å². The van der Waals surface area contributed by atoms with E-state index in [-0.39, 0.29) is 11.2 Å². The summed E-state index contributed by atoms with van der Waals surface area (Å²) in [6.07, 6.45) is 6.30. The third kappa shape index (κ3) is 3.36. The normalized spacial score (nSPS) is 15.0. The van der Waals surface area contributed by atoms with E-state index in [9.17, 15) is 4.79 Å². The second kappa shape index (κ2) is 7.24. The van der Waals surface area contributed by atoms with Crippen LogP contribution < -0.4 is 5.32 Å². The van der Waals surface area contributed by atoms with Gasteiger partial charge >= 0.3 is 0 Å². The summed E-state index contributed by atoms with van der Waals surface area (Å²) in [5.41, 5.74) is 3.98. The summed E-state index contributed by atoms with van der Waals surface area (Å²) < 4.78 is 1.79. The van der Waals surface area contributed by atoms with Crippen molar-refractivity contribution in [3.8, 4) is 0 Å². The summed E-state index contributed by atoms with van der Waals surface area (Å²) in [6, 6.07) is 0. The molecule has 142 valence electrons. The lowest BCUT2D eigenvalue weighted by Gasteiger charge is -2.14. The van der Waals surface area contributed by atoms with E-state index in [1.165, 1.54) is 35.0 Å². The smallest absolute Gasteiger partial charge is 0.237 e. The first-order valence-electron chi connectivity index (χ1n) is 9.18. The molecule has 0 bridgehead atoms. The number of aromatic nitrogens is 4. The molecule has 1 aliphatic carbocycles. The molecular formula is C19H23N5OS2. The Labute approximate surface area is 166 Å². The molecule has 0 aliphatic heterocycles. The molecule has 3 aromatic heterocycles. The predicted octanol–water partition coefficient (Wildman–Crippen LogP) is 4.04. The van der Waals surface area contributed by atoms with Crippen LogP contribution in [0.1, 0.15) is 41.6 Å². The molecule has 0 unspecified atom stereocenters. The Morgan fingerprint density at radius 3 is 2.81 bits per heavy atom. The lowest BCUT2D eigenvalue weighted by atomic mass is 9.97. The molecule has 3 aromatic rings. The largest absolute Gasteiger partial charge is 0.322 e. The maximum absolute atomic E-state index is 12.8. The topological polar surface area (TPSA) is 72.7 Å². The number of thioether (sulfide) groups is 1. The van der Waals surface area contributed by atoms with Gasteiger partial charge in [-0.15, -0.1) is 11.3 Å². The first kappa shape index (κ1) is 18.4. The van der Waals surface area contributed by atoms with Crippen LogP contribution in [-0.4, -0.2) is 30.9 Å². The van der Waals surface area contributed by atoms with Crippen LogP contribution >= 0.6 is 23.1 Å². The average Bonchev–Trinajstić information content (AvgIpc) is 3.14. The number of carbonyl (C=O) groups is 1. The van der Waals surface area contributed by atoms with E-state index < -0.39 is 0 Å². The molecule has 1 atom stereocenters. The van der Waals surface area contributed by atoms with Crippen molar-refractivity contribution >= 4 is 44.9 Å². The molecule has 1 N–H and O–H groups in total. The van der Waals surface area contributed by atoms with E-state index >= 15 is 0 Å².